The number of hydrogen-bond acceptors (Lipinski definition) is 2. The van der Waals surface area contributed by atoms with E-state index in [1.165, 1.54) is 11.1 Å². The fourth-order valence-corrected chi connectivity index (χ4v) is 5.52. The van der Waals surface area contributed by atoms with E-state index >= 15 is 0 Å². The van der Waals surface area contributed by atoms with E-state index in [-0.39, 0.29) is 0 Å². The highest BCUT2D eigenvalue weighted by atomic mass is 14.9. The predicted octanol–water partition coefficient (Wildman–Crippen LogP) is 11.5. The van der Waals surface area contributed by atoms with E-state index in [4.69, 9.17) is 4.99 Å². The zero-order valence-corrected chi connectivity index (χ0v) is 24.5. The van der Waals surface area contributed by atoms with Crippen molar-refractivity contribution in [2.75, 3.05) is 5.32 Å². The molecule has 6 aromatic carbocycles. The highest BCUT2D eigenvalue weighted by Crippen LogP contribution is 2.40. The summed E-state index contributed by atoms with van der Waals surface area (Å²) >= 11 is 0. The maximum Gasteiger partial charge on any atom is 0.0789 e. The molecule has 0 aliphatic carbocycles. The van der Waals surface area contributed by atoms with Gasteiger partial charge >= 0.3 is 0 Å². The first-order valence-corrected chi connectivity index (χ1v) is 14.7. The first-order valence-electron chi connectivity index (χ1n) is 14.7. The molecule has 0 saturated heterocycles. The summed E-state index contributed by atoms with van der Waals surface area (Å²) in [6.07, 6.45) is 2.13. The minimum atomic E-state index is 0.920. The lowest BCUT2D eigenvalue weighted by atomic mass is 9.95. The van der Waals surface area contributed by atoms with Gasteiger partial charge in [-0.2, -0.15) is 0 Å². The Balaban J connectivity index is 1.43. The average molecular weight is 555 g/mol. The summed E-state index contributed by atoms with van der Waals surface area (Å²) in [4.78, 5) is 5.25. The Morgan fingerprint density at radius 2 is 0.791 bits per heavy atom. The Morgan fingerprint density at radius 3 is 1.19 bits per heavy atom. The monoisotopic (exact) mass is 554 g/mol. The number of nitrogens with zero attached hydrogens (tertiary/aromatic N) is 1. The van der Waals surface area contributed by atoms with E-state index in [1.54, 1.807) is 0 Å². The molecule has 0 bridgehead atoms. The number of aliphatic imine (C=N–C) groups is 1. The normalized spacial score (nSPS) is 11.8. The van der Waals surface area contributed by atoms with Gasteiger partial charge in [-0.3, -0.25) is 4.99 Å². The molecule has 0 amide bonds. The maximum atomic E-state index is 5.25. The first kappa shape index (κ1) is 27.7. The molecular weight excluding hydrogens is 520 g/mol. The summed E-state index contributed by atoms with van der Waals surface area (Å²) in [5, 5.41) is 3.77. The molecule has 2 nitrogen and oxygen atoms in total. The van der Waals surface area contributed by atoms with E-state index in [1.807, 2.05) is 12.1 Å². The van der Waals surface area contributed by atoms with Crippen molar-refractivity contribution < 1.29 is 0 Å². The Morgan fingerprint density at radius 1 is 0.442 bits per heavy atom. The van der Waals surface area contributed by atoms with E-state index in [0.717, 1.165) is 56.2 Å². The summed E-state index contributed by atoms with van der Waals surface area (Å²) in [5.41, 5.74) is 13.2. The van der Waals surface area contributed by atoms with Gasteiger partial charge in [0.1, 0.15) is 0 Å². The van der Waals surface area contributed by atoms with Crippen LogP contribution >= 0.6 is 0 Å². The second-order valence-corrected chi connectivity index (χ2v) is 10.6. The van der Waals surface area contributed by atoms with E-state index in [0.29, 0.717) is 0 Å². The molecule has 0 fully saturated rings. The van der Waals surface area contributed by atoms with Crippen LogP contribution in [0.25, 0.3) is 44.5 Å². The van der Waals surface area contributed by atoms with Crippen molar-refractivity contribution in [3.05, 3.63) is 169 Å². The Hall–Kier alpha value is -5.47. The van der Waals surface area contributed by atoms with E-state index in [2.05, 4.69) is 171 Å². The smallest absolute Gasteiger partial charge is 0.0789 e. The van der Waals surface area contributed by atoms with Gasteiger partial charge in [-0.25, -0.2) is 0 Å². The van der Waals surface area contributed by atoms with Crippen molar-refractivity contribution in [2.24, 2.45) is 4.99 Å². The average Bonchev–Trinajstić information content (AvgIpc) is 3.06. The summed E-state index contributed by atoms with van der Waals surface area (Å²) in [7, 11) is 0. The van der Waals surface area contributed by atoms with Crippen LogP contribution in [0.2, 0.25) is 0 Å². The lowest BCUT2D eigenvalue weighted by Crippen LogP contribution is -2.02. The topological polar surface area (TPSA) is 24.4 Å². The van der Waals surface area contributed by atoms with Gasteiger partial charge in [0, 0.05) is 33.7 Å². The molecule has 0 aliphatic heterocycles. The molecule has 0 unspecified atom stereocenters. The zero-order chi connectivity index (χ0) is 29.4. The molecular formula is C41H34N2. The summed E-state index contributed by atoms with van der Waals surface area (Å²) < 4.78 is 0. The maximum absolute atomic E-state index is 5.25. The van der Waals surface area contributed by atoms with Gasteiger partial charge in [-0.05, 0) is 42.2 Å². The molecule has 0 heterocycles. The molecule has 0 aliphatic rings. The van der Waals surface area contributed by atoms with Gasteiger partial charge in [0.15, 0.2) is 0 Å². The number of para-hydroxylation sites is 2. The van der Waals surface area contributed by atoms with Crippen LogP contribution < -0.4 is 5.32 Å². The molecule has 6 rings (SSSR count). The second-order valence-electron chi connectivity index (χ2n) is 10.6. The van der Waals surface area contributed by atoms with Gasteiger partial charge in [-0.1, -0.05) is 158 Å². The van der Waals surface area contributed by atoms with Gasteiger partial charge in [0.05, 0.1) is 11.4 Å². The number of nitrogens with one attached hydrogen (secondary N) is 1. The Kier molecular flexibility index (Phi) is 8.38. The predicted molar refractivity (Wildman–Crippen MR) is 185 cm³/mol. The van der Waals surface area contributed by atoms with Gasteiger partial charge in [-0.15, -0.1) is 0 Å². The Bertz CT molecular complexity index is 1760. The molecule has 0 atom stereocenters. The van der Waals surface area contributed by atoms with Crippen molar-refractivity contribution >= 4 is 17.1 Å². The van der Waals surface area contributed by atoms with Crippen LogP contribution in [0.3, 0.4) is 0 Å². The van der Waals surface area contributed by atoms with Crippen molar-refractivity contribution in [2.45, 2.75) is 13.8 Å². The minimum absolute atomic E-state index is 0.920. The van der Waals surface area contributed by atoms with Crippen LogP contribution in [0.4, 0.5) is 11.4 Å². The highest BCUT2D eigenvalue weighted by Gasteiger charge is 2.14. The van der Waals surface area contributed by atoms with Crippen LogP contribution in [0, 0.1) is 0 Å². The molecule has 208 valence electrons. The number of allylic oxidation sites excluding steroid dienone is 2. The number of hydrogen-bond donors (Lipinski definition) is 1. The lowest BCUT2D eigenvalue weighted by Gasteiger charge is -2.18. The fraction of sp³-hybridized carbons (Fsp3) is 0.0488. The van der Waals surface area contributed by atoms with Gasteiger partial charge in [0.2, 0.25) is 0 Å². The molecule has 0 saturated carbocycles. The number of anilines is 1. The van der Waals surface area contributed by atoms with Crippen molar-refractivity contribution in [3.63, 3.8) is 0 Å². The molecule has 0 aromatic heterocycles. The van der Waals surface area contributed by atoms with Crippen LogP contribution in [0.1, 0.15) is 13.8 Å². The standard InChI is InChI=1S/C41H34N2/c1-30(42-40-36(32-17-7-3-8-18-32)25-15-26-37(40)33-19-9-4-10-20-33)29-31(2)43-41-38(34-21-11-5-12-22-34)27-16-28-39(41)35-23-13-6-14-24-35/h3-29,42H,1-2H3/b30-29-,43-31?. The van der Waals surface area contributed by atoms with Gasteiger partial charge in [0.25, 0.3) is 0 Å². The third kappa shape index (κ3) is 6.39. The van der Waals surface area contributed by atoms with Crippen molar-refractivity contribution in [1.82, 2.24) is 0 Å². The van der Waals surface area contributed by atoms with Crippen LogP contribution in [0.15, 0.2) is 174 Å². The van der Waals surface area contributed by atoms with Crippen molar-refractivity contribution in [3.8, 4) is 44.5 Å². The SMILES string of the molecule is CC(/C=C(/C)Nc1c(-c2ccccc2)cccc1-c1ccccc1)=Nc1c(-c2ccccc2)cccc1-c1ccccc1. The highest BCUT2D eigenvalue weighted by molar-refractivity contribution is 6.00. The van der Waals surface area contributed by atoms with Crippen LogP contribution in [-0.4, -0.2) is 5.71 Å². The summed E-state index contributed by atoms with van der Waals surface area (Å²) in [6, 6.07) is 55.0. The van der Waals surface area contributed by atoms with Gasteiger partial charge < -0.3 is 5.32 Å². The van der Waals surface area contributed by atoms with Crippen LogP contribution in [-0.2, 0) is 0 Å². The largest absolute Gasteiger partial charge is 0.358 e. The quantitative estimate of drug-likeness (QED) is 0.186. The lowest BCUT2D eigenvalue weighted by molar-refractivity contribution is 1.37. The zero-order valence-electron chi connectivity index (χ0n) is 24.5. The molecule has 1 N–H and O–H groups in total. The molecule has 0 radical (unpaired) electrons. The van der Waals surface area contributed by atoms with Crippen LogP contribution in [0.5, 0.6) is 0 Å². The summed E-state index contributed by atoms with van der Waals surface area (Å²) in [5.74, 6) is 0. The number of rotatable bonds is 8. The van der Waals surface area contributed by atoms with Crippen molar-refractivity contribution in [1.29, 1.82) is 0 Å². The molecule has 6 aromatic rings. The van der Waals surface area contributed by atoms with E-state index < -0.39 is 0 Å². The second kappa shape index (κ2) is 13.0. The summed E-state index contributed by atoms with van der Waals surface area (Å²) in [6.45, 7) is 4.18. The first-order chi connectivity index (χ1) is 21.2. The van der Waals surface area contributed by atoms with E-state index in [9.17, 15) is 0 Å². The molecule has 43 heavy (non-hydrogen) atoms. The Labute approximate surface area is 254 Å². The molecule has 0 spiro atoms. The number of benzene rings is 6. The fourth-order valence-electron chi connectivity index (χ4n) is 5.52. The molecule has 2 heteroatoms. The third-order valence-electron chi connectivity index (χ3n) is 7.48. The third-order valence-corrected chi connectivity index (χ3v) is 7.48. The minimum Gasteiger partial charge on any atom is -0.358 e.